The summed E-state index contributed by atoms with van der Waals surface area (Å²) in [6.07, 6.45) is 0.983. The van der Waals surface area contributed by atoms with Crippen molar-refractivity contribution in [1.82, 2.24) is 19.8 Å². The lowest BCUT2D eigenvalue weighted by molar-refractivity contribution is 0.0985. The summed E-state index contributed by atoms with van der Waals surface area (Å²) in [4.78, 5) is 19.6. The van der Waals surface area contributed by atoms with Gasteiger partial charge in [0.25, 0.3) is 15.9 Å². The van der Waals surface area contributed by atoms with Gasteiger partial charge in [0, 0.05) is 17.4 Å². The predicted octanol–water partition coefficient (Wildman–Crippen LogP) is 3.72. The zero-order chi connectivity index (χ0) is 25.4. The molecule has 2 aromatic heterocycles. The van der Waals surface area contributed by atoms with E-state index in [0.717, 1.165) is 11.8 Å². The lowest BCUT2D eigenvalue weighted by atomic mass is 10.2. The Kier molecular flexibility index (Phi) is 5.76. The molecular weight excluding hydrogens is 491 g/mol. The Morgan fingerprint density at radius 2 is 1.86 bits per heavy atom. The fraction of sp³-hybridized carbons (Fsp3) is 0.130. The topological polar surface area (TPSA) is 148 Å². The minimum Gasteiger partial charge on any atom is -0.487 e. The van der Waals surface area contributed by atoms with Crippen LogP contribution in [-0.4, -0.2) is 29.4 Å². The largest absolute Gasteiger partial charge is 0.487 e. The number of fused-ring (bicyclic) bond motifs is 1. The van der Waals surface area contributed by atoms with Crippen LogP contribution >= 0.6 is 0 Å². The summed E-state index contributed by atoms with van der Waals surface area (Å²) in [5, 5.41) is 9.62. The molecule has 0 unspecified atom stereocenters. The van der Waals surface area contributed by atoms with Crippen molar-refractivity contribution >= 4 is 39.1 Å². The maximum absolute atomic E-state index is 14.4. The van der Waals surface area contributed by atoms with Crippen molar-refractivity contribution in [3.63, 3.8) is 0 Å². The summed E-state index contributed by atoms with van der Waals surface area (Å²) in [5.41, 5.74) is 2.39. The van der Waals surface area contributed by atoms with E-state index < -0.39 is 21.7 Å². The quantitative estimate of drug-likeness (QED) is 0.336. The highest BCUT2D eigenvalue weighted by molar-refractivity contribution is 7.90. The third kappa shape index (κ3) is 4.68. The number of benzene rings is 2. The van der Waals surface area contributed by atoms with Crippen LogP contribution < -0.4 is 20.1 Å². The van der Waals surface area contributed by atoms with E-state index in [1.165, 1.54) is 18.2 Å². The minimum atomic E-state index is -3.92. The van der Waals surface area contributed by atoms with Gasteiger partial charge in [-0.2, -0.15) is 4.98 Å². The van der Waals surface area contributed by atoms with Crippen molar-refractivity contribution in [3.8, 4) is 5.75 Å². The van der Waals surface area contributed by atoms with Crippen molar-refractivity contribution in [1.29, 1.82) is 0 Å². The number of aromatic nitrogens is 3. The van der Waals surface area contributed by atoms with Gasteiger partial charge < -0.3 is 19.9 Å². The lowest BCUT2D eigenvalue weighted by Crippen LogP contribution is -2.20. The van der Waals surface area contributed by atoms with Crippen LogP contribution in [0.25, 0.3) is 0 Å². The molecule has 0 saturated carbocycles. The van der Waals surface area contributed by atoms with E-state index in [2.05, 4.69) is 25.8 Å². The van der Waals surface area contributed by atoms with Gasteiger partial charge >= 0.3 is 0 Å². The first-order valence-corrected chi connectivity index (χ1v) is 12.1. The second-order valence-corrected chi connectivity index (χ2v) is 9.63. The maximum Gasteiger partial charge on any atom is 0.266 e. The molecule has 1 amide bonds. The van der Waals surface area contributed by atoms with Crippen molar-refractivity contribution in [2.24, 2.45) is 0 Å². The van der Waals surface area contributed by atoms with Crippen LogP contribution in [-0.2, 0) is 16.6 Å². The fourth-order valence-electron chi connectivity index (χ4n) is 3.55. The molecule has 0 radical (unpaired) electrons. The highest BCUT2D eigenvalue weighted by atomic mass is 32.2. The Hall–Kier alpha value is -4.52. The zero-order valence-corrected chi connectivity index (χ0v) is 19.8. The van der Waals surface area contributed by atoms with Crippen LogP contribution in [0.5, 0.6) is 5.75 Å². The molecule has 36 heavy (non-hydrogen) atoms. The second kappa shape index (κ2) is 8.92. The summed E-state index contributed by atoms with van der Waals surface area (Å²) in [6, 6.07) is 11.2. The Morgan fingerprint density at radius 1 is 1.08 bits per heavy atom. The van der Waals surface area contributed by atoms with E-state index in [9.17, 15) is 17.6 Å². The number of halogens is 1. The molecular formula is C23H19FN6O5S. The van der Waals surface area contributed by atoms with Gasteiger partial charge in [0.1, 0.15) is 28.7 Å². The van der Waals surface area contributed by atoms with Crippen molar-refractivity contribution in [2.75, 3.05) is 10.6 Å². The van der Waals surface area contributed by atoms with Crippen LogP contribution in [0, 0.1) is 19.7 Å². The maximum atomic E-state index is 14.4. The minimum absolute atomic E-state index is 0.0214. The van der Waals surface area contributed by atoms with Gasteiger partial charge in [-0.15, -0.1) is 0 Å². The van der Waals surface area contributed by atoms with Crippen molar-refractivity contribution in [2.45, 2.75) is 25.3 Å². The van der Waals surface area contributed by atoms with E-state index in [1.807, 2.05) is 11.6 Å². The van der Waals surface area contributed by atoms with E-state index in [1.54, 1.807) is 31.2 Å². The van der Waals surface area contributed by atoms with Gasteiger partial charge in [-0.05, 0) is 55.8 Å². The van der Waals surface area contributed by atoms with Crippen LogP contribution in [0.1, 0.15) is 27.4 Å². The van der Waals surface area contributed by atoms with Gasteiger partial charge in [-0.3, -0.25) is 4.79 Å². The fourth-order valence-corrected chi connectivity index (χ4v) is 4.75. The Balaban J connectivity index is 1.31. The molecule has 5 rings (SSSR count). The smallest absolute Gasteiger partial charge is 0.266 e. The SMILES string of the molecule is Cc1cc(COc2ccc(Nc3nc(Nc4ccc5c(c4)S(=O)(=O)NC5=O)ncc3F)cc2C)no1. The molecule has 13 heteroatoms. The number of rotatable bonds is 7. The van der Waals surface area contributed by atoms with E-state index >= 15 is 0 Å². The number of ether oxygens (including phenoxy) is 1. The summed E-state index contributed by atoms with van der Waals surface area (Å²) in [5.74, 6) is -0.130. The number of nitrogens with zero attached hydrogens (tertiary/aromatic N) is 3. The predicted molar refractivity (Wildman–Crippen MR) is 126 cm³/mol. The molecule has 3 N–H and O–H groups in total. The zero-order valence-electron chi connectivity index (χ0n) is 19.0. The third-order valence-corrected chi connectivity index (χ3v) is 6.60. The number of carbonyl (C=O) groups is 1. The number of sulfonamides is 1. The van der Waals surface area contributed by atoms with Crippen LogP contribution in [0.2, 0.25) is 0 Å². The molecule has 0 spiro atoms. The van der Waals surface area contributed by atoms with Crippen molar-refractivity contribution < 1.29 is 26.9 Å². The summed E-state index contributed by atoms with van der Waals surface area (Å²) >= 11 is 0. The van der Waals surface area contributed by atoms with Gasteiger partial charge in [0.2, 0.25) is 5.95 Å². The Morgan fingerprint density at radius 3 is 2.61 bits per heavy atom. The molecule has 3 heterocycles. The molecule has 4 aromatic rings. The van der Waals surface area contributed by atoms with E-state index in [-0.39, 0.29) is 28.8 Å². The number of nitrogens with one attached hydrogen (secondary N) is 3. The van der Waals surface area contributed by atoms with Crippen LogP contribution in [0.4, 0.5) is 27.5 Å². The number of anilines is 4. The standard InChI is InChI=1S/C23H19FN6O5S/c1-12-7-14(4-6-19(12)34-11-16-8-13(2)35-29-16)26-21-18(24)10-25-23(28-21)27-15-3-5-17-20(9-15)36(32,33)30-22(17)31/h3-10H,11H2,1-2H3,(H,30,31)(H2,25,26,27,28). The first-order chi connectivity index (χ1) is 17.2. The van der Waals surface area contributed by atoms with Gasteiger partial charge in [-0.1, -0.05) is 5.16 Å². The Labute approximate surface area is 204 Å². The third-order valence-electron chi connectivity index (χ3n) is 5.23. The summed E-state index contributed by atoms with van der Waals surface area (Å²) in [7, 11) is -3.92. The van der Waals surface area contributed by atoms with Crippen molar-refractivity contribution in [3.05, 3.63) is 77.1 Å². The van der Waals surface area contributed by atoms with E-state index in [4.69, 9.17) is 9.26 Å². The molecule has 0 saturated heterocycles. The number of amides is 1. The molecule has 0 fully saturated rings. The molecule has 0 aliphatic carbocycles. The average Bonchev–Trinajstić information content (AvgIpc) is 3.34. The highest BCUT2D eigenvalue weighted by Crippen LogP contribution is 2.28. The molecule has 184 valence electrons. The first kappa shape index (κ1) is 23.2. The van der Waals surface area contributed by atoms with Gasteiger partial charge in [-0.25, -0.2) is 22.5 Å². The Bertz CT molecular complexity index is 1600. The molecule has 1 aliphatic rings. The number of hydrogen-bond donors (Lipinski definition) is 3. The number of aryl methyl sites for hydroxylation is 2. The second-order valence-electron chi connectivity index (χ2n) is 7.98. The van der Waals surface area contributed by atoms with Gasteiger partial charge in [0.15, 0.2) is 11.6 Å². The molecule has 11 nitrogen and oxygen atoms in total. The molecule has 0 bridgehead atoms. The lowest BCUT2D eigenvalue weighted by Gasteiger charge is -2.12. The molecule has 2 aromatic carbocycles. The van der Waals surface area contributed by atoms with Crippen LogP contribution in [0.3, 0.4) is 0 Å². The monoisotopic (exact) mass is 510 g/mol. The normalized spacial score (nSPS) is 13.7. The van der Waals surface area contributed by atoms with Gasteiger partial charge in [0.05, 0.1) is 11.8 Å². The van der Waals surface area contributed by atoms with E-state index in [0.29, 0.717) is 28.6 Å². The summed E-state index contributed by atoms with van der Waals surface area (Å²) < 4.78 is 51.3. The summed E-state index contributed by atoms with van der Waals surface area (Å²) in [6.45, 7) is 3.89. The highest BCUT2D eigenvalue weighted by Gasteiger charge is 2.32. The molecule has 0 atom stereocenters. The number of hydrogen-bond acceptors (Lipinski definition) is 10. The van der Waals surface area contributed by atoms with Crippen LogP contribution in [0.15, 0.2) is 58.1 Å². The number of carbonyl (C=O) groups excluding carboxylic acids is 1. The molecule has 1 aliphatic heterocycles. The average molecular weight is 511 g/mol. The first-order valence-electron chi connectivity index (χ1n) is 10.6.